The summed E-state index contributed by atoms with van der Waals surface area (Å²) in [6, 6.07) is 22.5. The van der Waals surface area contributed by atoms with Gasteiger partial charge < -0.3 is 18.9 Å². The molecule has 0 bridgehead atoms. The van der Waals surface area contributed by atoms with Gasteiger partial charge in [-0.15, -0.1) is 0 Å². The first kappa shape index (κ1) is 26.5. The van der Waals surface area contributed by atoms with Gasteiger partial charge in [0.25, 0.3) is 0 Å². The Balaban J connectivity index is 1.48. The minimum absolute atomic E-state index is 0.117. The molecule has 1 aliphatic rings. The van der Waals surface area contributed by atoms with Crippen molar-refractivity contribution in [3.05, 3.63) is 101 Å². The number of methoxy groups -OCH3 is 3. The number of esters is 1. The summed E-state index contributed by atoms with van der Waals surface area (Å²) >= 11 is 0. The summed E-state index contributed by atoms with van der Waals surface area (Å²) in [6.07, 6.45) is 1.97. The number of amides is 1. The van der Waals surface area contributed by atoms with Crippen LogP contribution >= 0.6 is 0 Å². The second-order valence-electron chi connectivity index (χ2n) is 8.63. The molecular weight excluding hydrogens is 484 g/mol. The molecule has 1 atom stereocenters. The third kappa shape index (κ3) is 5.86. The average Bonchev–Trinajstić information content (AvgIpc) is 3.41. The van der Waals surface area contributed by atoms with E-state index in [-0.39, 0.29) is 18.6 Å². The highest BCUT2D eigenvalue weighted by atomic mass is 16.5. The number of ether oxygens (including phenoxy) is 4. The lowest BCUT2D eigenvalue weighted by molar-refractivity contribution is -0.134. The van der Waals surface area contributed by atoms with Crippen LogP contribution in [0, 0.1) is 0 Å². The summed E-state index contributed by atoms with van der Waals surface area (Å²) in [5, 5.41) is 6.15. The van der Waals surface area contributed by atoms with Gasteiger partial charge in [0.1, 0.15) is 23.7 Å². The zero-order valence-corrected chi connectivity index (χ0v) is 21.8. The summed E-state index contributed by atoms with van der Waals surface area (Å²) < 4.78 is 21.3. The number of carbonyl (C=O) groups is 2. The lowest BCUT2D eigenvalue weighted by Crippen LogP contribution is -2.24. The zero-order valence-electron chi connectivity index (χ0n) is 21.8. The van der Waals surface area contributed by atoms with E-state index in [1.807, 2.05) is 72.8 Å². The number of carbonyl (C=O) groups excluding carboxylic acids is 2. The molecule has 1 unspecified atom stereocenters. The second kappa shape index (κ2) is 12.1. The average molecular weight is 515 g/mol. The molecule has 0 saturated carbocycles. The van der Waals surface area contributed by atoms with Gasteiger partial charge in [-0.25, -0.2) is 9.80 Å². The number of benzene rings is 3. The molecule has 8 nitrogen and oxygen atoms in total. The molecule has 38 heavy (non-hydrogen) atoms. The smallest absolute Gasteiger partial charge is 0.341 e. The van der Waals surface area contributed by atoms with E-state index in [2.05, 4.69) is 5.10 Å². The van der Waals surface area contributed by atoms with Gasteiger partial charge in [0.15, 0.2) is 0 Å². The van der Waals surface area contributed by atoms with Gasteiger partial charge in [0.05, 0.1) is 39.3 Å². The Labute approximate surface area is 222 Å². The van der Waals surface area contributed by atoms with Gasteiger partial charge in [-0.2, -0.15) is 5.10 Å². The van der Waals surface area contributed by atoms with Gasteiger partial charge in [0, 0.05) is 13.3 Å². The molecule has 196 valence electrons. The van der Waals surface area contributed by atoms with Crippen LogP contribution in [0.25, 0.3) is 5.57 Å². The molecule has 0 N–H and O–H groups in total. The van der Waals surface area contributed by atoms with E-state index in [0.29, 0.717) is 23.3 Å². The highest BCUT2D eigenvalue weighted by Gasteiger charge is 2.31. The fraction of sp³-hybridized carbons (Fsp3) is 0.233. The minimum atomic E-state index is -0.492. The van der Waals surface area contributed by atoms with Crippen molar-refractivity contribution in [2.45, 2.75) is 26.0 Å². The molecule has 0 aliphatic carbocycles. The van der Waals surface area contributed by atoms with E-state index in [0.717, 1.165) is 28.2 Å². The van der Waals surface area contributed by atoms with Crippen molar-refractivity contribution in [1.82, 2.24) is 5.01 Å². The maximum Gasteiger partial charge on any atom is 0.341 e. The van der Waals surface area contributed by atoms with Crippen LogP contribution in [-0.4, -0.2) is 43.9 Å². The van der Waals surface area contributed by atoms with Crippen LogP contribution in [0.15, 0.2) is 84.2 Å². The molecule has 0 aromatic heterocycles. The van der Waals surface area contributed by atoms with Gasteiger partial charge in [-0.3, -0.25) is 4.79 Å². The van der Waals surface area contributed by atoms with E-state index in [1.54, 1.807) is 7.11 Å². The Morgan fingerprint density at radius 3 is 2.26 bits per heavy atom. The third-order valence-electron chi connectivity index (χ3n) is 6.26. The summed E-state index contributed by atoms with van der Waals surface area (Å²) in [6.45, 7) is 1.76. The van der Waals surface area contributed by atoms with Crippen LogP contribution in [0.1, 0.15) is 41.6 Å². The number of nitrogens with zero attached hydrogens (tertiary/aromatic N) is 2. The standard InChI is InChI=1S/C30H30N2O6/c1-20(33)32-29(22-11-13-24(36-3)14-12-22)17-28(31-32)21-9-15-25(16-10-21)38-18-23-7-5-6-8-26(23)27(19-35-2)30(34)37-4/h5-16,19,29H,17-18H2,1-4H3/b27-19+. The second-order valence-corrected chi connectivity index (χ2v) is 8.63. The van der Waals surface area contributed by atoms with Crippen LogP contribution in [0.2, 0.25) is 0 Å². The van der Waals surface area contributed by atoms with Crippen molar-refractivity contribution in [3.8, 4) is 11.5 Å². The Hall–Kier alpha value is -4.59. The van der Waals surface area contributed by atoms with Crippen molar-refractivity contribution in [1.29, 1.82) is 0 Å². The Kier molecular flexibility index (Phi) is 8.43. The topological polar surface area (TPSA) is 86.7 Å². The molecular formula is C30H30N2O6. The number of hydrogen-bond donors (Lipinski definition) is 0. The third-order valence-corrected chi connectivity index (χ3v) is 6.26. The molecule has 8 heteroatoms. The molecule has 1 amide bonds. The van der Waals surface area contributed by atoms with Crippen LogP contribution in [-0.2, 0) is 25.7 Å². The molecule has 0 saturated heterocycles. The summed E-state index contributed by atoms with van der Waals surface area (Å²) in [7, 11) is 4.43. The van der Waals surface area contributed by atoms with Crippen molar-refractivity contribution < 1.29 is 28.5 Å². The van der Waals surface area contributed by atoms with E-state index in [4.69, 9.17) is 18.9 Å². The van der Waals surface area contributed by atoms with Crippen molar-refractivity contribution in [2.75, 3.05) is 21.3 Å². The Morgan fingerprint density at radius 2 is 1.63 bits per heavy atom. The lowest BCUT2D eigenvalue weighted by Gasteiger charge is -2.20. The molecule has 1 heterocycles. The summed E-state index contributed by atoms with van der Waals surface area (Å²) in [4.78, 5) is 24.6. The predicted molar refractivity (Wildman–Crippen MR) is 144 cm³/mol. The molecule has 3 aromatic carbocycles. The Morgan fingerprint density at radius 1 is 0.947 bits per heavy atom. The highest BCUT2D eigenvalue weighted by molar-refractivity contribution is 6.16. The quantitative estimate of drug-likeness (QED) is 0.224. The molecule has 0 radical (unpaired) electrons. The van der Waals surface area contributed by atoms with Crippen molar-refractivity contribution in [3.63, 3.8) is 0 Å². The fourth-order valence-electron chi connectivity index (χ4n) is 4.32. The minimum Gasteiger partial charge on any atom is -0.503 e. The largest absolute Gasteiger partial charge is 0.503 e. The predicted octanol–water partition coefficient (Wildman–Crippen LogP) is 5.13. The van der Waals surface area contributed by atoms with Crippen molar-refractivity contribution >= 4 is 23.2 Å². The van der Waals surface area contributed by atoms with Gasteiger partial charge >= 0.3 is 5.97 Å². The first-order valence-electron chi connectivity index (χ1n) is 12.1. The monoisotopic (exact) mass is 514 g/mol. The van der Waals surface area contributed by atoms with E-state index < -0.39 is 5.97 Å². The van der Waals surface area contributed by atoms with E-state index >= 15 is 0 Å². The molecule has 4 rings (SSSR count). The highest BCUT2D eigenvalue weighted by Crippen LogP contribution is 2.34. The van der Waals surface area contributed by atoms with E-state index in [9.17, 15) is 9.59 Å². The Bertz CT molecular complexity index is 1350. The molecule has 3 aromatic rings. The maximum absolute atomic E-state index is 12.3. The summed E-state index contributed by atoms with van der Waals surface area (Å²) in [5.41, 5.74) is 4.52. The fourth-order valence-corrected chi connectivity index (χ4v) is 4.32. The first-order valence-corrected chi connectivity index (χ1v) is 12.1. The lowest BCUT2D eigenvalue weighted by atomic mass is 9.98. The normalized spacial score (nSPS) is 15.1. The number of hydrazone groups is 1. The SMILES string of the molecule is CO/C=C(/C(=O)OC)c1ccccc1COc1ccc(C2=NN(C(C)=O)C(c3ccc(OC)cc3)C2)cc1. The molecule has 0 spiro atoms. The maximum atomic E-state index is 12.3. The van der Waals surface area contributed by atoms with Gasteiger partial charge in [-0.05, 0) is 58.7 Å². The van der Waals surface area contributed by atoms with Crippen LogP contribution in [0.3, 0.4) is 0 Å². The first-order chi connectivity index (χ1) is 18.4. The molecule has 0 fully saturated rings. The van der Waals surface area contributed by atoms with Gasteiger partial charge in [-0.1, -0.05) is 36.4 Å². The zero-order chi connectivity index (χ0) is 27.1. The van der Waals surface area contributed by atoms with Crippen LogP contribution in [0.5, 0.6) is 11.5 Å². The molecule has 1 aliphatic heterocycles. The van der Waals surface area contributed by atoms with Crippen LogP contribution < -0.4 is 9.47 Å². The van der Waals surface area contributed by atoms with Gasteiger partial charge in [0.2, 0.25) is 5.91 Å². The van der Waals surface area contributed by atoms with E-state index in [1.165, 1.54) is 32.4 Å². The van der Waals surface area contributed by atoms with Crippen LogP contribution in [0.4, 0.5) is 0 Å². The number of rotatable bonds is 9. The van der Waals surface area contributed by atoms with Crippen molar-refractivity contribution in [2.24, 2.45) is 5.10 Å². The number of hydrogen-bond acceptors (Lipinski definition) is 7. The summed E-state index contributed by atoms with van der Waals surface area (Å²) in [5.74, 6) is 0.811.